The third-order valence-corrected chi connectivity index (χ3v) is 3.83. The van der Waals surface area contributed by atoms with Crippen molar-refractivity contribution in [2.24, 2.45) is 0 Å². The maximum Gasteiger partial charge on any atom is 0.254 e. The second kappa shape index (κ2) is 6.55. The molecule has 2 rings (SSSR count). The molecule has 0 N–H and O–H groups in total. The van der Waals surface area contributed by atoms with Gasteiger partial charge in [-0.15, -0.1) is 0 Å². The summed E-state index contributed by atoms with van der Waals surface area (Å²) in [6.45, 7) is 5.61. The van der Waals surface area contributed by atoms with Crippen LogP contribution in [0, 0.1) is 0 Å². The minimum Gasteiger partial charge on any atom is -0.339 e. The van der Waals surface area contributed by atoms with Crippen molar-refractivity contribution in [3.8, 4) is 0 Å². The van der Waals surface area contributed by atoms with Crippen molar-refractivity contribution in [1.29, 1.82) is 0 Å². The molecular weight excluding hydrogens is 252 g/mol. The van der Waals surface area contributed by atoms with E-state index in [4.69, 9.17) is 0 Å². The Bertz CT molecular complexity index is 473. The lowest BCUT2D eigenvalue weighted by atomic mass is 10.0. The quantitative estimate of drug-likeness (QED) is 0.847. The van der Waals surface area contributed by atoms with Crippen molar-refractivity contribution < 1.29 is 9.59 Å². The molecule has 1 aliphatic rings. The van der Waals surface area contributed by atoms with E-state index >= 15 is 0 Å². The molecular formula is C16H22N2O2. The third kappa shape index (κ3) is 3.18. The van der Waals surface area contributed by atoms with E-state index in [1.807, 2.05) is 40.1 Å². The summed E-state index contributed by atoms with van der Waals surface area (Å²) in [7, 11) is 0. The first-order valence-electron chi connectivity index (χ1n) is 7.25. The molecule has 2 amide bonds. The topological polar surface area (TPSA) is 40.6 Å². The summed E-state index contributed by atoms with van der Waals surface area (Å²) < 4.78 is 0. The van der Waals surface area contributed by atoms with Crippen LogP contribution >= 0.6 is 0 Å². The van der Waals surface area contributed by atoms with Crippen LogP contribution in [-0.4, -0.2) is 47.3 Å². The summed E-state index contributed by atoms with van der Waals surface area (Å²) in [4.78, 5) is 27.9. The molecule has 0 aliphatic carbocycles. The molecule has 1 saturated heterocycles. The fraction of sp³-hybridized carbons (Fsp3) is 0.500. The van der Waals surface area contributed by atoms with E-state index in [0.717, 1.165) is 18.4 Å². The summed E-state index contributed by atoms with van der Waals surface area (Å²) in [5.74, 6) is 0.171. The highest BCUT2D eigenvalue weighted by atomic mass is 16.2. The first-order chi connectivity index (χ1) is 9.63. The molecule has 0 spiro atoms. The van der Waals surface area contributed by atoms with E-state index in [0.29, 0.717) is 19.6 Å². The number of rotatable bonds is 3. The van der Waals surface area contributed by atoms with Crippen LogP contribution in [0.1, 0.15) is 37.0 Å². The minimum atomic E-state index is 0.0762. The SMILES string of the molecule is CCCC1CN(C(C)=O)CCN1C(=O)c1ccccc1. The highest BCUT2D eigenvalue weighted by Gasteiger charge is 2.31. The zero-order chi connectivity index (χ0) is 14.5. The lowest BCUT2D eigenvalue weighted by Gasteiger charge is -2.41. The molecule has 1 unspecified atom stereocenters. The highest BCUT2D eigenvalue weighted by Crippen LogP contribution is 2.18. The van der Waals surface area contributed by atoms with Crippen LogP contribution in [0.4, 0.5) is 0 Å². The molecule has 4 heteroatoms. The van der Waals surface area contributed by atoms with Gasteiger partial charge in [0.05, 0.1) is 0 Å². The summed E-state index contributed by atoms with van der Waals surface area (Å²) in [6.07, 6.45) is 1.94. The predicted octanol–water partition coefficient (Wildman–Crippen LogP) is 2.16. The van der Waals surface area contributed by atoms with E-state index in [1.54, 1.807) is 6.92 Å². The number of hydrogen-bond donors (Lipinski definition) is 0. The van der Waals surface area contributed by atoms with Crippen LogP contribution in [0.15, 0.2) is 30.3 Å². The fourth-order valence-electron chi connectivity index (χ4n) is 2.74. The Kier molecular flexibility index (Phi) is 4.77. The molecule has 1 heterocycles. The molecule has 1 aromatic rings. The molecule has 1 aromatic carbocycles. The Labute approximate surface area is 120 Å². The van der Waals surface area contributed by atoms with E-state index in [-0.39, 0.29) is 17.9 Å². The fourth-order valence-corrected chi connectivity index (χ4v) is 2.74. The van der Waals surface area contributed by atoms with E-state index in [2.05, 4.69) is 6.92 Å². The Morgan fingerprint density at radius 3 is 2.50 bits per heavy atom. The maximum absolute atomic E-state index is 12.6. The molecule has 1 aliphatic heterocycles. The zero-order valence-electron chi connectivity index (χ0n) is 12.2. The smallest absolute Gasteiger partial charge is 0.254 e. The number of carbonyl (C=O) groups excluding carboxylic acids is 2. The average molecular weight is 274 g/mol. The Hall–Kier alpha value is -1.84. The van der Waals surface area contributed by atoms with E-state index in [1.165, 1.54) is 0 Å². The largest absolute Gasteiger partial charge is 0.339 e. The van der Waals surface area contributed by atoms with Crippen LogP contribution in [-0.2, 0) is 4.79 Å². The number of amides is 2. The highest BCUT2D eigenvalue weighted by molar-refractivity contribution is 5.94. The van der Waals surface area contributed by atoms with Gasteiger partial charge in [0.2, 0.25) is 5.91 Å². The lowest BCUT2D eigenvalue weighted by Crippen LogP contribution is -2.56. The molecule has 0 aromatic heterocycles. The normalized spacial score (nSPS) is 19.0. The maximum atomic E-state index is 12.6. The van der Waals surface area contributed by atoms with Crippen LogP contribution in [0.25, 0.3) is 0 Å². The molecule has 0 bridgehead atoms. The number of carbonyl (C=O) groups is 2. The van der Waals surface area contributed by atoms with Crippen molar-refractivity contribution in [3.63, 3.8) is 0 Å². The van der Waals surface area contributed by atoms with Gasteiger partial charge in [0.1, 0.15) is 0 Å². The van der Waals surface area contributed by atoms with Gasteiger partial charge in [0, 0.05) is 38.2 Å². The van der Waals surface area contributed by atoms with Gasteiger partial charge in [-0.2, -0.15) is 0 Å². The first-order valence-corrected chi connectivity index (χ1v) is 7.25. The van der Waals surface area contributed by atoms with Gasteiger partial charge in [-0.25, -0.2) is 0 Å². The van der Waals surface area contributed by atoms with Gasteiger partial charge >= 0.3 is 0 Å². The Balaban J connectivity index is 2.13. The lowest BCUT2D eigenvalue weighted by molar-refractivity contribution is -0.131. The molecule has 20 heavy (non-hydrogen) atoms. The summed E-state index contributed by atoms with van der Waals surface area (Å²) in [5.41, 5.74) is 0.727. The van der Waals surface area contributed by atoms with Gasteiger partial charge < -0.3 is 9.80 Å². The van der Waals surface area contributed by atoms with Crippen LogP contribution in [0.3, 0.4) is 0 Å². The third-order valence-electron chi connectivity index (χ3n) is 3.83. The van der Waals surface area contributed by atoms with Crippen molar-refractivity contribution in [2.45, 2.75) is 32.7 Å². The number of nitrogens with zero attached hydrogens (tertiary/aromatic N) is 2. The van der Waals surface area contributed by atoms with Crippen LogP contribution < -0.4 is 0 Å². The van der Waals surface area contributed by atoms with Crippen molar-refractivity contribution >= 4 is 11.8 Å². The molecule has 0 saturated carbocycles. The first kappa shape index (κ1) is 14.6. The molecule has 0 radical (unpaired) electrons. The van der Waals surface area contributed by atoms with E-state index in [9.17, 15) is 9.59 Å². The Morgan fingerprint density at radius 2 is 1.90 bits per heavy atom. The zero-order valence-corrected chi connectivity index (χ0v) is 12.2. The molecule has 108 valence electrons. The van der Waals surface area contributed by atoms with Crippen molar-refractivity contribution in [1.82, 2.24) is 9.80 Å². The van der Waals surface area contributed by atoms with Crippen molar-refractivity contribution in [2.75, 3.05) is 19.6 Å². The van der Waals surface area contributed by atoms with E-state index < -0.39 is 0 Å². The second-order valence-electron chi connectivity index (χ2n) is 5.27. The van der Waals surface area contributed by atoms with Gasteiger partial charge in [-0.05, 0) is 18.6 Å². The number of piperazine rings is 1. The Morgan fingerprint density at radius 1 is 1.20 bits per heavy atom. The second-order valence-corrected chi connectivity index (χ2v) is 5.27. The summed E-state index contributed by atoms with van der Waals surface area (Å²) in [6, 6.07) is 9.51. The van der Waals surface area contributed by atoms with Gasteiger partial charge in [-0.3, -0.25) is 9.59 Å². The monoisotopic (exact) mass is 274 g/mol. The van der Waals surface area contributed by atoms with Crippen molar-refractivity contribution in [3.05, 3.63) is 35.9 Å². The van der Waals surface area contributed by atoms with Crippen LogP contribution in [0.2, 0.25) is 0 Å². The van der Waals surface area contributed by atoms with Gasteiger partial charge in [-0.1, -0.05) is 31.5 Å². The summed E-state index contributed by atoms with van der Waals surface area (Å²) >= 11 is 0. The standard InChI is InChI=1S/C16H22N2O2/c1-3-7-15-12-17(13(2)19)10-11-18(15)16(20)14-8-5-4-6-9-14/h4-6,8-9,15H,3,7,10-12H2,1-2H3. The number of benzene rings is 1. The molecule has 4 nitrogen and oxygen atoms in total. The molecule has 1 fully saturated rings. The van der Waals surface area contributed by atoms with Gasteiger partial charge in [0.15, 0.2) is 0 Å². The predicted molar refractivity (Wildman–Crippen MR) is 78.4 cm³/mol. The van der Waals surface area contributed by atoms with Crippen LogP contribution in [0.5, 0.6) is 0 Å². The number of hydrogen-bond acceptors (Lipinski definition) is 2. The van der Waals surface area contributed by atoms with Gasteiger partial charge in [0.25, 0.3) is 5.91 Å². The minimum absolute atomic E-state index is 0.0762. The molecule has 1 atom stereocenters. The summed E-state index contributed by atoms with van der Waals surface area (Å²) in [5, 5.41) is 0. The average Bonchev–Trinajstić information content (AvgIpc) is 2.47.